The number of alkyl carbamates (subject to hydrolysis) is 1. The van der Waals surface area contributed by atoms with Crippen LogP contribution in [-0.2, 0) is 20.9 Å². The molecule has 3 atom stereocenters. The number of carbonyl (C=O) groups is 2. The third-order valence-electron chi connectivity index (χ3n) is 6.48. The van der Waals surface area contributed by atoms with Gasteiger partial charge in [-0.2, -0.15) is 0 Å². The maximum atomic E-state index is 12.7. The average Bonchev–Trinajstić information content (AvgIpc) is 2.81. The van der Waals surface area contributed by atoms with Gasteiger partial charge in [0.25, 0.3) is 0 Å². The Hall–Kier alpha value is -3.12. The topological polar surface area (TPSA) is 67.9 Å². The Balaban J connectivity index is 1.62. The van der Waals surface area contributed by atoms with Crippen LogP contribution in [0.3, 0.4) is 0 Å². The number of nitrogens with one attached hydrogen (secondary N) is 1. The van der Waals surface area contributed by atoms with Gasteiger partial charge in [0.05, 0.1) is 19.3 Å². The van der Waals surface area contributed by atoms with Gasteiger partial charge in [-0.1, -0.05) is 49.4 Å². The van der Waals surface area contributed by atoms with E-state index in [0.717, 1.165) is 28.8 Å². The SMILES string of the molecule is CC(=O)N1c2ccc(C3=CCOCC3)cc2[C@H](NC(=O)OCc2ccccc2)[C@@H](C)[C@@H]1C. The molecule has 0 aliphatic carbocycles. The lowest BCUT2D eigenvalue weighted by atomic mass is 9.81. The van der Waals surface area contributed by atoms with Gasteiger partial charge in [-0.3, -0.25) is 4.79 Å². The molecular formula is C26H30N2O4. The lowest BCUT2D eigenvalue weighted by Gasteiger charge is -2.43. The van der Waals surface area contributed by atoms with Crippen LogP contribution in [0.1, 0.15) is 49.9 Å². The zero-order valence-corrected chi connectivity index (χ0v) is 18.8. The van der Waals surface area contributed by atoms with Crippen molar-refractivity contribution in [2.75, 3.05) is 18.1 Å². The molecule has 2 aliphatic rings. The summed E-state index contributed by atoms with van der Waals surface area (Å²) in [5.74, 6) is 0.00308. The Morgan fingerprint density at radius 3 is 2.62 bits per heavy atom. The number of anilines is 1. The minimum Gasteiger partial charge on any atom is -0.445 e. The number of amides is 2. The molecule has 168 valence electrons. The molecule has 2 aromatic rings. The summed E-state index contributed by atoms with van der Waals surface area (Å²) < 4.78 is 10.9. The van der Waals surface area contributed by atoms with Crippen LogP contribution >= 0.6 is 0 Å². The molecule has 2 heterocycles. The first-order valence-electron chi connectivity index (χ1n) is 11.1. The van der Waals surface area contributed by atoms with Crippen LogP contribution in [0.15, 0.2) is 54.6 Å². The summed E-state index contributed by atoms with van der Waals surface area (Å²) in [6.45, 7) is 7.18. The summed E-state index contributed by atoms with van der Waals surface area (Å²) in [4.78, 5) is 27.0. The highest BCUT2D eigenvalue weighted by atomic mass is 16.5. The van der Waals surface area contributed by atoms with Gasteiger partial charge < -0.3 is 19.7 Å². The van der Waals surface area contributed by atoms with E-state index in [-0.39, 0.29) is 30.5 Å². The van der Waals surface area contributed by atoms with E-state index in [0.29, 0.717) is 13.2 Å². The van der Waals surface area contributed by atoms with E-state index in [4.69, 9.17) is 9.47 Å². The van der Waals surface area contributed by atoms with Gasteiger partial charge >= 0.3 is 6.09 Å². The molecule has 0 bridgehead atoms. The van der Waals surface area contributed by atoms with Gasteiger partial charge in [-0.25, -0.2) is 4.79 Å². The first kappa shape index (κ1) is 22.1. The van der Waals surface area contributed by atoms with Crippen LogP contribution in [0.25, 0.3) is 5.57 Å². The summed E-state index contributed by atoms with van der Waals surface area (Å²) in [7, 11) is 0. The van der Waals surface area contributed by atoms with E-state index in [2.05, 4.69) is 30.4 Å². The average molecular weight is 435 g/mol. The Morgan fingerprint density at radius 1 is 1.16 bits per heavy atom. The third kappa shape index (κ3) is 4.55. The molecule has 0 aromatic heterocycles. The van der Waals surface area contributed by atoms with E-state index >= 15 is 0 Å². The van der Waals surface area contributed by atoms with Crippen molar-refractivity contribution in [3.8, 4) is 0 Å². The molecule has 6 nitrogen and oxygen atoms in total. The molecule has 0 unspecified atom stereocenters. The Labute approximate surface area is 189 Å². The van der Waals surface area contributed by atoms with Crippen LogP contribution < -0.4 is 10.2 Å². The van der Waals surface area contributed by atoms with Gasteiger partial charge in [0, 0.05) is 24.6 Å². The molecule has 0 saturated carbocycles. The fourth-order valence-electron chi connectivity index (χ4n) is 4.59. The summed E-state index contributed by atoms with van der Waals surface area (Å²) in [5.41, 5.74) is 5.04. The molecule has 4 rings (SSSR count). The van der Waals surface area contributed by atoms with E-state index in [1.54, 1.807) is 6.92 Å². The van der Waals surface area contributed by atoms with Gasteiger partial charge in [-0.05, 0) is 47.7 Å². The normalized spacial score (nSPS) is 22.5. The molecule has 2 aliphatic heterocycles. The highest BCUT2D eigenvalue weighted by molar-refractivity contribution is 5.94. The van der Waals surface area contributed by atoms with Crippen molar-refractivity contribution in [3.05, 3.63) is 71.3 Å². The molecule has 0 radical (unpaired) electrons. The van der Waals surface area contributed by atoms with E-state index in [1.807, 2.05) is 48.2 Å². The summed E-state index contributed by atoms with van der Waals surface area (Å²) in [6.07, 6.45) is 2.48. The standard InChI is InChI=1S/C26H30N2O4/c1-17-18(2)28(19(3)29)24-10-9-22(21-11-13-31-14-12-21)15-23(24)25(17)27-26(30)32-16-20-7-5-4-6-8-20/h4-11,15,17-18,25H,12-14,16H2,1-3H3,(H,27,30)/t17-,18-,25+/m0/s1. The molecule has 32 heavy (non-hydrogen) atoms. The molecule has 1 N–H and O–H groups in total. The second-order valence-corrected chi connectivity index (χ2v) is 8.50. The molecule has 0 fully saturated rings. The third-order valence-corrected chi connectivity index (χ3v) is 6.48. The van der Waals surface area contributed by atoms with Crippen LogP contribution in [0.4, 0.5) is 10.5 Å². The highest BCUT2D eigenvalue weighted by Gasteiger charge is 2.39. The monoisotopic (exact) mass is 434 g/mol. The van der Waals surface area contributed by atoms with Crippen molar-refractivity contribution in [1.82, 2.24) is 5.32 Å². The van der Waals surface area contributed by atoms with Crippen LogP contribution in [0.5, 0.6) is 0 Å². The lowest BCUT2D eigenvalue weighted by molar-refractivity contribution is -0.117. The van der Waals surface area contributed by atoms with Crippen LogP contribution in [0.2, 0.25) is 0 Å². The van der Waals surface area contributed by atoms with E-state index in [1.165, 1.54) is 5.57 Å². The summed E-state index contributed by atoms with van der Waals surface area (Å²) in [5, 5.41) is 3.07. The molecule has 0 spiro atoms. The number of rotatable bonds is 4. The maximum Gasteiger partial charge on any atom is 0.407 e. The second-order valence-electron chi connectivity index (χ2n) is 8.50. The van der Waals surface area contributed by atoms with Gasteiger partial charge in [-0.15, -0.1) is 0 Å². The zero-order chi connectivity index (χ0) is 22.7. The zero-order valence-electron chi connectivity index (χ0n) is 18.8. The van der Waals surface area contributed by atoms with Crippen LogP contribution in [0, 0.1) is 5.92 Å². The Morgan fingerprint density at radius 2 is 1.94 bits per heavy atom. The number of hydrogen-bond acceptors (Lipinski definition) is 4. The molecule has 6 heteroatoms. The Bertz CT molecular complexity index is 1020. The van der Waals surface area contributed by atoms with Crippen molar-refractivity contribution in [2.24, 2.45) is 5.92 Å². The second kappa shape index (κ2) is 9.57. The number of hydrogen-bond donors (Lipinski definition) is 1. The largest absolute Gasteiger partial charge is 0.445 e. The van der Waals surface area contributed by atoms with Gasteiger partial charge in [0.1, 0.15) is 6.61 Å². The van der Waals surface area contributed by atoms with E-state index in [9.17, 15) is 9.59 Å². The number of nitrogens with zero attached hydrogens (tertiary/aromatic N) is 1. The predicted molar refractivity (Wildman–Crippen MR) is 124 cm³/mol. The van der Waals surface area contributed by atoms with Crippen molar-refractivity contribution in [2.45, 2.75) is 45.9 Å². The lowest BCUT2D eigenvalue weighted by Crippen LogP contribution is -2.50. The van der Waals surface area contributed by atoms with Gasteiger partial charge in [0.15, 0.2) is 0 Å². The van der Waals surface area contributed by atoms with Crippen molar-refractivity contribution >= 4 is 23.3 Å². The minimum atomic E-state index is -0.462. The fraction of sp³-hybridized carbons (Fsp3) is 0.385. The Kier molecular flexibility index (Phi) is 6.61. The smallest absolute Gasteiger partial charge is 0.407 e. The minimum absolute atomic E-state index is 0.00580. The highest BCUT2D eigenvalue weighted by Crippen LogP contribution is 2.42. The fourth-order valence-corrected chi connectivity index (χ4v) is 4.59. The molecule has 0 saturated heterocycles. The summed E-state index contributed by atoms with van der Waals surface area (Å²) >= 11 is 0. The first-order chi connectivity index (χ1) is 15.5. The van der Waals surface area contributed by atoms with Crippen molar-refractivity contribution < 1.29 is 19.1 Å². The summed E-state index contributed by atoms with van der Waals surface area (Å²) in [6, 6.07) is 15.4. The van der Waals surface area contributed by atoms with Crippen molar-refractivity contribution in [1.29, 1.82) is 0 Å². The number of ether oxygens (including phenoxy) is 2. The molecular weight excluding hydrogens is 404 g/mol. The number of fused-ring (bicyclic) bond motifs is 1. The van der Waals surface area contributed by atoms with Crippen molar-refractivity contribution in [3.63, 3.8) is 0 Å². The van der Waals surface area contributed by atoms with Crippen LogP contribution in [-0.4, -0.2) is 31.3 Å². The number of benzene rings is 2. The predicted octanol–water partition coefficient (Wildman–Crippen LogP) is 4.85. The maximum absolute atomic E-state index is 12.7. The first-order valence-corrected chi connectivity index (χ1v) is 11.1. The van der Waals surface area contributed by atoms with E-state index < -0.39 is 6.09 Å². The quantitative estimate of drug-likeness (QED) is 0.747. The number of carbonyl (C=O) groups excluding carboxylic acids is 2. The molecule has 2 amide bonds. The molecule has 2 aromatic carbocycles. The van der Waals surface area contributed by atoms with Gasteiger partial charge in [0.2, 0.25) is 5.91 Å².